The van der Waals surface area contributed by atoms with E-state index in [0.717, 1.165) is 19.4 Å². The summed E-state index contributed by atoms with van der Waals surface area (Å²) in [5.41, 5.74) is 2.91. The van der Waals surface area contributed by atoms with Crippen molar-refractivity contribution in [1.29, 1.82) is 0 Å². The standard InChI is InChI=1S/C19H31NO/c1-14(20-13-16-7-5-6-8-18(16)21)15-9-11-17(12-10-15)19(2,3)4/h9-12,14,16,18,20-21H,5-8,13H2,1-4H3. The summed E-state index contributed by atoms with van der Waals surface area (Å²) < 4.78 is 0. The molecule has 1 aromatic rings. The van der Waals surface area contributed by atoms with E-state index in [9.17, 15) is 5.11 Å². The molecule has 0 spiro atoms. The minimum Gasteiger partial charge on any atom is -0.393 e. The van der Waals surface area contributed by atoms with E-state index in [0.29, 0.717) is 12.0 Å². The van der Waals surface area contributed by atoms with Gasteiger partial charge in [-0.3, -0.25) is 0 Å². The number of hydrogen-bond acceptors (Lipinski definition) is 2. The Morgan fingerprint density at radius 2 is 1.76 bits per heavy atom. The van der Waals surface area contributed by atoms with Gasteiger partial charge in [0.05, 0.1) is 6.10 Å². The van der Waals surface area contributed by atoms with Crippen LogP contribution >= 0.6 is 0 Å². The van der Waals surface area contributed by atoms with Gasteiger partial charge in [-0.25, -0.2) is 0 Å². The summed E-state index contributed by atoms with van der Waals surface area (Å²) in [7, 11) is 0. The number of aliphatic hydroxyl groups excluding tert-OH is 1. The van der Waals surface area contributed by atoms with Crippen molar-refractivity contribution in [2.45, 2.75) is 70.9 Å². The van der Waals surface area contributed by atoms with Crippen LogP contribution in [0.15, 0.2) is 24.3 Å². The van der Waals surface area contributed by atoms with Crippen molar-refractivity contribution < 1.29 is 5.11 Å². The van der Waals surface area contributed by atoms with Crippen LogP contribution in [0.3, 0.4) is 0 Å². The number of nitrogens with one attached hydrogen (secondary N) is 1. The molecule has 0 bridgehead atoms. The van der Waals surface area contributed by atoms with E-state index in [4.69, 9.17) is 0 Å². The zero-order valence-electron chi connectivity index (χ0n) is 14.0. The maximum Gasteiger partial charge on any atom is 0.0580 e. The van der Waals surface area contributed by atoms with Crippen molar-refractivity contribution in [3.8, 4) is 0 Å². The Bertz CT molecular complexity index is 432. The molecule has 1 fully saturated rings. The summed E-state index contributed by atoms with van der Waals surface area (Å²) in [6.45, 7) is 9.86. The lowest BCUT2D eigenvalue weighted by Gasteiger charge is -2.29. The first-order chi connectivity index (χ1) is 9.88. The van der Waals surface area contributed by atoms with Crippen LogP contribution < -0.4 is 5.32 Å². The van der Waals surface area contributed by atoms with Gasteiger partial charge in [0.2, 0.25) is 0 Å². The Labute approximate surface area is 130 Å². The van der Waals surface area contributed by atoms with Crippen LogP contribution in [0, 0.1) is 5.92 Å². The number of aliphatic hydroxyl groups is 1. The molecule has 0 aliphatic heterocycles. The van der Waals surface area contributed by atoms with Gasteiger partial charge in [0, 0.05) is 12.6 Å². The fraction of sp³-hybridized carbons (Fsp3) is 0.684. The van der Waals surface area contributed by atoms with E-state index < -0.39 is 0 Å². The quantitative estimate of drug-likeness (QED) is 0.871. The van der Waals surface area contributed by atoms with Crippen LogP contribution in [0.2, 0.25) is 0 Å². The van der Waals surface area contributed by atoms with Crippen molar-refractivity contribution >= 4 is 0 Å². The summed E-state index contributed by atoms with van der Waals surface area (Å²) in [6.07, 6.45) is 4.46. The lowest BCUT2D eigenvalue weighted by atomic mass is 9.85. The van der Waals surface area contributed by atoms with Gasteiger partial charge in [-0.05, 0) is 42.2 Å². The maximum absolute atomic E-state index is 10.0. The Hall–Kier alpha value is -0.860. The third-order valence-corrected chi connectivity index (χ3v) is 4.83. The van der Waals surface area contributed by atoms with Gasteiger partial charge in [0.25, 0.3) is 0 Å². The third-order valence-electron chi connectivity index (χ3n) is 4.83. The molecule has 1 aromatic carbocycles. The van der Waals surface area contributed by atoms with E-state index in [1.165, 1.54) is 24.0 Å². The Kier molecular flexibility index (Phi) is 5.45. The maximum atomic E-state index is 10.0. The molecule has 0 amide bonds. The minimum atomic E-state index is -0.110. The van der Waals surface area contributed by atoms with Gasteiger partial charge >= 0.3 is 0 Å². The highest BCUT2D eigenvalue weighted by molar-refractivity contribution is 5.29. The molecule has 0 radical (unpaired) electrons. The van der Waals surface area contributed by atoms with Gasteiger partial charge in [-0.2, -0.15) is 0 Å². The van der Waals surface area contributed by atoms with E-state index in [1.807, 2.05) is 0 Å². The highest BCUT2D eigenvalue weighted by Crippen LogP contribution is 2.26. The molecule has 1 aliphatic carbocycles. The second kappa shape index (κ2) is 6.93. The summed E-state index contributed by atoms with van der Waals surface area (Å²) in [5.74, 6) is 0.426. The van der Waals surface area contributed by atoms with Crippen molar-refractivity contribution in [3.63, 3.8) is 0 Å². The third kappa shape index (κ3) is 4.55. The van der Waals surface area contributed by atoms with E-state index in [-0.39, 0.29) is 11.5 Å². The summed E-state index contributed by atoms with van der Waals surface area (Å²) in [4.78, 5) is 0. The molecule has 0 saturated heterocycles. The Balaban J connectivity index is 1.89. The number of rotatable bonds is 4. The van der Waals surface area contributed by atoms with Crippen molar-refractivity contribution in [1.82, 2.24) is 5.32 Å². The van der Waals surface area contributed by atoms with Crippen molar-refractivity contribution in [2.24, 2.45) is 5.92 Å². The van der Waals surface area contributed by atoms with Gasteiger partial charge in [-0.1, -0.05) is 57.9 Å². The molecule has 2 nitrogen and oxygen atoms in total. The Morgan fingerprint density at radius 3 is 2.33 bits per heavy atom. The first-order valence-electron chi connectivity index (χ1n) is 8.40. The smallest absolute Gasteiger partial charge is 0.0580 e. The van der Waals surface area contributed by atoms with E-state index >= 15 is 0 Å². The van der Waals surface area contributed by atoms with Gasteiger partial charge in [-0.15, -0.1) is 0 Å². The molecule has 3 unspecified atom stereocenters. The average molecular weight is 289 g/mol. The first-order valence-corrected chi connectivity index (χ1v) is 8.40. The zero-order chi connectivity index (χ0) is 15.5. The summed E-state index contributed by atoms with van der Waals surface area (Å²) in [6, 6.07) is 9.28. The van der Waals surface area contributed by atoms with Crippen LogP contribution in [0.1, 0.15) is 70.5 Å². The normalized spacial score (nSPS) is 24.8. The highest BCUT2D eigenvalue weighted by atomic mass is 16.3. The van der Waals surface area contributed by atoms with E-state index in [1.54, 1.807) is 0 Å². The molecule has 118 valence electrons. The molecule has 1 aliphatic rings. The first kappa shape index (κ1) is 16.5. The van der Waals surface area contributed by atoms with Gasteiger partial charge in [0.15, 0.2) is 0 Å². The van der Waals surface area contributed by atoms with Crippen LogP contribution in [0.4, 0.5) is 0 Å². The molecule has 3 atom stereocenters. The van der Waals surface area contributed by atoms with Gasteiger partial charge in [0.1, 0.15) is 0 Å². The topological polar surface area (TPSA) is 32.3 Å². The van der Waals surface area contributed by atoms with Gasteiger partial charge < -0.3 is 10.4 Å². The van der Waals surface area contributed by atoms with Crippen molar-refractivity contribution in [2.75, 3.05) is 6.54 Å². The summed E-state index contributed by atoms with van der Waals surface area (Å²) >= 11 is 0. The van der Waals surface area contributed by atoms with Crippen molar-refractivity contribution in [3.05, 3.63) is 35.4 Å². The molecule has 2 rings (SSSR count). The molecule has 21 heavy (non-hydrogen) atoms. The monoisotopic (exact) mass is 289 g/mol. The molecular formula is C19H31NO. The minimum absolute atomic E-state index is 0.110. The second-order valence-corrected chi connectivity index (χ2v) is 7.61. The molecule has 0 heterocycles. The number of benzene rings is 1. The lowest BCUT2D eigenvalue weighted by molar-refractivity contribution is 0.0684. The lowest BCUT2D eigenvalue weighted by Crippen LogP contribution is -2.34. The molecule has 1 saturated carbocycles. The average Bonchev–Trinajstić information content (AvgIpc) is 2.45. The predicted molar refractivity (Wildman–Crippen MR) is 89.5 cm³/mol. The SMILES string of the molecule is CC(NCC1CCCCC1O)c1ccc(C(C)(C)C)cc1. The van der Waals surface area contributed by atoms with Crippen LogP contribution in [0.25, 0.3) is 0 Å². The fourth-order valence-corrected chi connectivity index (χ4v) is 3.14. The largest absolute Gasteiger partial charge is 0.393 e. The highest BCUT2D eigenvalue weighted by Gasteiger charge is 2.23. The Morgan fingerprint density at radius 1 is 1.14 bits per heavy atom. The summed E-state index contributed by atoms with van der Waals surface area (Å²) in [5, 5.41) is 13.6. The van der Waals surface area contributed by atoms with Crippen LogP contribution in [-0.4, -0.2) is 17.8 Å². The molecule has 2 heteroatoms. The fourth-order valence-electron chi connectivity index (χ4n) is 3.14. The predicted octanol–water partition coefficient (Wildman–Crippen LogP) is 4.19. The second-order valence-electron chi connectivity index (χ2n) is 7.61. The van der Waals surface area contributed by atoms with Crippen LogP contribution in [-0.2, 0) is 5.41 Å². The van der Waals surface area contributed by atoms with E-state index in [2.05, 4.69) is 57.3 Å². The number of hydrogen-bond donors (Lipinski definition) is 2. The molecule has 2 N–H and O–H groups in total. The molecule has 0 aromatic heterocycles. The van der Waals surface area contributed by atoms with Crippen LogP contribution in [0.5, 0.6) is 0 Å². The zero-order valence-corrected chi connectivity index (χ0v) is 14.0. The molecular weight excluding hydrogens is 258 g/mol.